The van der Waals surface area contributed by atoms with Crippen LogP contribution in [0.1, 0.15) is 126 Å². The summed E-state index contributed by atoms with van der Waals surface area (Å²) in [5, 5.41) is 1.42. The van der Waals surface area contributed by atoms with Crippen molar-refractivity contribution in [2.24, 2.45) is 9.98 Å². The lowest BCUT2D eigenvalue weighted by Crippen LogP contribution is -2.15. The van der Waals surface area contributed by atoms with Crippen LogP contribution in [0.4, 0.5) is 11.4 Å². The van der Waals surface area contributed by atoms with E-state index in [0.717, 1.165) is 11.1 Å². The van der Waals surface area contributed by atoms with Gasteiger partial charge in [0.1, 0.15) is 11.5 Å². The fourth-order valence-electron chi connectivity index (χ4n) is 8.52. The Balaban J connectivity index is 1.97. The third kappa shape index (κ3) is 11.0. The number of fused-ring (bicyclic) bond motifs is 2. The fourth-order valence-corrected chi connectivity index (χ4v) is 8.52. The molecular formula is C56H56N2O12. The fraction of sp³-hybridized carbons (Fsp3) is 0.286. The molecule has 0 fully saturated rings. The quantitative estimate of drug-likeness (QED) is 0.0607. The average Bonchev–Trinajstić information content (AvgIpc) is 3.24. The van der Waals surface area contributed by atoms with Gasteiger partial charge < -0.3 is 28.4 Å². The number of aliphatic imine (C=N–C) groups is 2. The summed E-state index contributed by atoms with van der Waals surface area (Å²) < 4.78 is 36.5. The number of ether oxygens (including phenoxy) is 6. The van der Waals surface area contributed by atoms with Gasteiger partial charge in [0.15, 0.2) is 23.0 Å². The summed E-state index contributed by atoms with van der Waals surface area (Å²) in [6, 6.07) is 18.3. The Hall–Kier alpha value is -8.00. The first kappa shape index (κ1) is 51.4. The lowest BCUT2D eigenvalue weighted by Gasteiger charge is -2.27. The summed E-state index contributed by atoms with van der Waals surface area (Å²) in [4.78, 5) is 88.8. The molecule has 0 saturated carbocycles. The van der Waals surface area contributed by atoms with Crippen molar-refractivity contribution in [1.29, 1.82) is 0 Å². The molecule has 0 heterocycles. The maximum absolute atomic E-state index is 13.6. The number of carbonyl (C=O) groups excluding carboxylic acids is 6. The lowest BCUT2D eigenvalue weighted by atomic mass is 9.83. The van der Waals surface area contributed by atoms with E-state index >= 15 is 0 Å². The van der Waals surface area contributed by atoms with Crippen molar-refractivity contribution in [3.63, 3.8) is 0 Å². The Bertz CT molecular complexity index is 2980. The minimum absolute atomic E-state index is 0.0284. The number of nitrogens with zero attached hydrogens (tertiary/aromatic N) is 2. The van der Waals surface area contributed by atoms with Crippen molar-refractivity contribution < 1.29 is 57.2 Å². The second kappa shape index (κ2) is 21.1. The zero-order chi connectivity index (χ0) is 51.5. The van der Waals surface area contributed by atoms with Gasteiger partial charge in [-0.15, -0.1) is 0 Å². The zero-order valence-electron chi connectivity index (χ0n) is 41.9. The molecule has 362 valence electrons. The second-order valence-corrected chi connectivity index (χ2v) is 17.7. The Morgan fingerprint density at radius 1 is 0.414 bits per heavy atom. The van der Waals surface area contributed by atoms with Crippen LogP contribution in [0.5, 0.6) is 34.5 Å². The normalized spacial score (nSPS) is 11.5. The van der Waals surface area contributed by atoms with E-state index < -0.39 is 35.8 Å². The molecule has 0 saturated heterocycles. The van der Waals surface area contributed by atoms with Crippen molar-refractivity contribution in [3.05, 3.63) is 105 Å². The summed E-state index contributed by atoms with van der Waals surface area (Å²) in [7, 11) is 0. The second-order valence-electron chi connectivity index (χ2n) is 17.7. The van der Waals surface area contributed by atoms with Crippen LogP contribution >= 0.6 is 0 Å². The summed E-state index contributed by atoms with van der Waals surface area (Å²) in [6.07, 6.45) is 2.90. The first-order valence-corrected chi connectivity index (χ1v) is 22.6. The topological polar surface area (TPSA) is 183 Å². The Kier molecular flexibility index (Phi) is 15.5. The molecule has 0 radical (unpaired) electrons. The summed E-state index contributed by atoms with van der Waals surface area (Å²) >= 11 is 0. The Morgan fingerprint density at radius 3 is 0.957 bits per heavy atom. The van der Waals surface area contributed by atoms with Gasteiger partial charge in [-0.1, -0.05) is 75.2 Å². The molecule has 0 N–H and O–H groups in total. The molecule has 0 spiro atoms. The van der Waals surface area contributed by atoms with Crippen molar-refractivity contribution in [2.75, 3.05) is 0 Å². The number of carbonyl (C=O) groups is 6. The predicted octanol–water partition coefficient (Wildman–Crippen LogP) is 12.2. The number of hydrogen-bond acceptors (Lipinski definition) is 14. The van der Waals surface area contributed by atoms with Gasteiger partial charge in [-0.25, -0.2) is 0 Å². The smallest absolute Gasteiger partial charge is 0.308 e. The summed E-state index contributed by atoms with van der Waals surface area (Å²) in [5.74, 6) is -5.55. The number of rotatable bonds is 13. The van der Waals surface area contributed by atoms with Gasteiger partial charge in [0.25, 0.3) is 0 Å². The van der Waals surface area contributed by atoms with Gasteiger partial charge in [-0.3, -0.25) is 38.8 Å². The van der Waals surface area contributed by atoms with Crippen LogP contribution in [-0.2, 0) is 28.8 Å². The molecule has 0 aliphatic rings. The number of aryl methyl sites for hydroxylation is 4. The molecule has 0 atom stereocenters. The minimum Gasteiger partial charge on any atom is -0.425 e. The molecule has 0 aliphatic heterocycles. The molecule has 0 amide bonds. The maximum Gasteiger partial charge on any atom is 0.308 e. The van der Waals surface area contributed by atoms with Gasteiger partial charge >= 0.3 is 35.8 Å². The molecule has 14 nitrogen and oxygen atoms in total. The first-order valence-electron chi connectivity index (χ1n) is 22.6. The summed E-state index contributed by atoms with van der Waals surface area (Å²) in [6.45, 7) is 22.3. The minimum atomic E-state index is -0.742. The molecule has 6 aromatic carbocycles. The van der Waals surface area contributed by atoms with E-state index in [9.17, 15) is 28.8 Å². The van der Waals surface area contributed by atoms with Crippen LogP contribution in [0.3, 0.4) is 0 Å². The SMILES string of the molecule is CC(=O)Oc1c(OC(C)=O)c(C=Nc2ccc(C)cc2)c2c(OC(C)=O)c(-c3c(C)cc4c(C(C)C)c(OC(C)=O)c(OC(C)=O)c(C=Nc5ccc(C)cc5)c4c3OC(C)=O)c(C)cc2c1C(C)C. The van der Waals surface area contributed by atoms with Gasteiger partial charge in [0.2, 0.25) is 0 Å². The molecule has 70 heavy (non-hydrogen) atoms. The highest BCUT2D eigenvalue weighted by atomic mass is 16.6. The van der Waals surface area contributed by atoms with E-state index in [1.54, 1.807) is 38.1 Å². The van der Waals surface area contributed by atoms with Crippen molar-refractivity contribution in [2.45, 2.75) is 109 Å². The number of hydrogen-bond donors (Lipinski definition) is 0. The van der Waals surface area contributed by atoms with Crippen LogP contribution in [0.2, 0.25) is 0 Å². The highest BCUT2D eigenvalue weighted by Gasteiger charge is 2.35. The molecule has 0 aliphatic carbocycles. The van der Waals surface area contributed by atoms with E-state index in [2.05, 4.69) is 0 Å². The average molecular weight is 949 g/mol. The van der Waals surface area contributed by atoms with Gasteiger partial charge in [-0.2, -0.15) is 0 Å². The Labute approximate surface area is 406 Å². The van der Waals surface area contributed by atoms with Gasteiger partial charge in [-0.05, 0) is 85.7 Å². The van der Waals surface area contributed by atoms with E-state index in [0.29, 0.717) is 44.4 Å². The molecule has 0 bridgehead atoms. The van der Waals surface area contributed by atoms with Crippen LogP contribution < -0.4 is 28.4 Å². The van der Waals surface area contributed by atoms with Crippen LogP contribution in [-0.4, -0.2) is 48.2 Å². The lowest BCUT2D eigenvalue weighted by molar-refractivity contribution is -0.134. The maximum atomic E-state index is 13.6. The van der Waals surface area contributed by atoms with Gasteiger partial charge in [0.05, 0.1) is 22.5 Å². The predicted molar refractivity (Wildman–Crippen MR) is 269 cm³/mol. The molecule has 14 heteroatoms. The zero-order valence-corrected chi connectivity index (χ0v) is 41.9. The number of esters is 6. The third-order valence-electron chi connectivity index (χ3n) is 11.1. The highest BCUT2D eigenvalue weighted by Crippen LogP contribution is 2.56. The van der Waals surface area contributed by atoms with E-state index in [1.165, 1.54) is 54.0 Å². The van der Waals surface area contributed by atoms with Crippen LogP contribution in [0, 0.1) is 27.7 Å². The monoisotopic (exact) mass is 948 g/mol. The first-order chi connectivity index (χ1) is 33.0. The van der Waals surface area contributed by atoms with Crippen LogP contribution in [0.15, 0.2) is 70.6 Å². The van der Waals surface area contributed by atoms with E-state index in [1.807, 2.05) is 77.9 Å². The molecule has 0 aromatic heterocycles. The van der Waals surface area contributed by atoms with Gasteiger partial charge in [0, 0.05) is 87.0 Å². The Morgan fingerprint density at radius 2 is 0.686 bits per heavy atom. The highest BCUT2D eigenvalue weighted by molar-refractivity contribution is 6.17. The molecular weight excluding hydrogens is 893 g/mol. The number of benzene rings is 6. The molecule has 0 unspecified atom stereocenters. The van der Waals surface area contributed by atoms with Crippen molar-refractivity contribution in [1.82, 2.24) is 0 Å². The van der Waals surface area contributed by atoms with E-state index in [4.69, 9.17) is 38.4 Å². The molecule has 6 rings (SSSR count). The van der Waals surface area contributed by atoms with E-state index in [-0.39, 0.29) is 79.4 Å². The molecule has 6 aromatic rings. The van der Waals surface area contributed by atoms with Crippen molar-refractivity contribution >= 4 is 81.2 Å². The summed E-state index contributed by atoms with van der Waals surface area (Å²) in [5.41, 5.74) is 5.73. The van der Waals surface area contributed by atoms with Crippen molar-refractivity contribution in [3.8, 4) is 45.6 Å². The van der Waals surface area contributed by atoms with Crippen LogP contribution in [0.25, 0.3) is 32.7 Å². The standard InChI is InChI=1S/C56H56N2O12/c1-27(2)45-41-23-31(7)47(53(67-35(11)61)49(41)43(25-57-39-19-15-29(5)16-20-39)51(65-33(9)59)55(45)69-37(13)63)48-32(8)24-42-46(28(3)4)56(70-38(14)64)52(66-34(10)60)44(50(42)54(48)68-36(12)62)26-58-40-21-17-30(6)18-22-40/h15-28H,1-14H3. The third-order valence-corrected chi connectivity index (χ3v) is 11.1. The largest absolute Gasteiger partial charge is 0.425 e.